The van der Waals surface area contributed by atoms with Crippen molar-refractivity contribution in [1.82, 2.24) is 0 Å². The molecule has 0 radical (unpaired) electrons. The predicted octanol–water partition coefficient (Wildman–Crippen LogP) is 3.94. The average Bonchev–Trinajstić information content (AvgIpc) is 2.93. The molecule has 1 aliphatic heterocycles. The van der Waals surface area contributed by atoms with Crippen LogP contribution in [0.15, 0.2) is 64.8 Å². The Balaban J connectivity index is 1.72. The molecule has 0 spiro atoms. The van der Waals surface area contributed by atoms with E-state index >= 15 is 0 Å². The highest BCUT2D eigenvalue weighted by atomic mass is 16.6. The first-order valence-electron chi connectivity index (χ1n) is 12.2. The smallest absolute Gasteiger partial charge is 0.343 e. The lowest BCUT2D eigenvalue weighted by Crippen LogP contribution is -2.36. The lowest BCUT2D eigenvalue weighted by Gasteiger charge is -2.31. The van der Waals surface area contributed by atoms with Crippen LogP contribution in [0.5, 0.6) is 5.75 Å². The summed E-state index contributed by atoms with van der Waals surface area (Å²) in [5.41, 5.74) is 2.19. The molecule has 0 aliphatic carbocycles. The number of carbonyl (C=O) groups is 3. The number of nitro benzene ring substituents is 1. The van der Waals surface area contributed by atoms with Gasteiger partial charge in [0, 0.05) is 29.5 Å². The molecule has 2 aromatic carbocycles. The summed E-state index contributed by atoms with van der Waals surface area (Å²) >= 11 is 0. The molecule has 2 unspecified atom stereocenters. The lowest BCUT2D eigenvalue weighted by atomic mass is 9.75. The molecule has 0 saturated heterocycles. The monoisotopic (exact) mass is 538 g/mol. The van der Waals surface area contributed by atoms with E-state index in [9.17, 15) is 24.5 Å². The van der Waals surface area contributed by atoms with Crippen LogP contribution in [0.4, 0.5) is 5.69 Å². The van der Waals surface area contributed by atoms with Gasteiger partial charge in [-0.3, -0.25) is 19.9 Å². The Bertz CT molecular complexity index is 1300. The molecule has 11 heteroatoms. The van der Waals surface area contributed by atoms with Crippen molar-refractivity contribution in [3.63, 3.8) is 0 Å². The molecule has 11 nitrogen and oxygen atoms in total. The van der Waals surface area contributed by atoms with Crippen LogP contribution < -0.4 is 4.74 Å². The molecular weight excluding hydrogens is 508 g/mol. The predicted molar refractivity (Wildman–Crippen MR) is 140 cm³/mol. The normalized spacial score (nSPS) is 16.7. The molecule has 0 saturated carbocycles. The number of non-ortho nitro benzene ring substituents is 1. The van der Waals surface area contributed by atoms with Crippen LogP contribution in [-0.4, -0.2) is 56.0 Å². The Morgan fingerprint density at radius 1 is 1.03 bits per heavy atom. The van der Waals surface area contributed by atoms with Crippen molar-refractivity contribution < 1.29 is 38.3 Å². The van der Waals surface area contributed by atoms with Crippen molar-refractivity contribution in [2.45, 2.75) is 32.6 Å². The van der Waals surface area contributed by atoms with Crippen molar-refractivity contribution in [3.8, 4) is 5.75 Å². The molecule has 1 aliphatic rings. The maximum Gasteiger partial charge on any atom is 0.343 e. The molecule has 1 heterocycles. The van der Waals surface area contributed by atoms with Gasteiger partial charge in [0.15, 0.2) is 6.61 Å². The first kappa shape index (κ1) is 29.0. The summed E-state index contributed by atoms with van der Waals surface area (Å²) in [4.78, 5) is 52.5. The molecule has 0 aromatic heterocycles. The van der Waals surface area contributed by atoms with Crippen LogP contribution in [0.1, 0.15) is 37.3 Å². The standard InChI is InChI=1S/C28H30N2O9/c1-17-24(27(32)37-4)26(20-8-5-9-21(15-20)30(34)35)25(18(2)29-17)28(33)38-14-6-7-19-10-12-22(13-11-19)39-16-23(31)36-3/h5,8-13,15,24,26H,6-7,14,16H2,1-4H3. The van der Waals surface area contributed by atoms with Gasteiger partial charge < -0.3 is 18.9 Å². The minimum atomic E-state index is -0.942. The molecule has 206 valence electrons. The van der Waals surface area contributed by atoms with E-state index in [4.69, 9.17) is 14.2 Å². The van der Waals surface area contributed by atoms with Gasteiger partial charge in [0.25, 0.3) is 5.69 Å². The van der Waals surface area contributed by atoms with Crippen LogP contribution >= 0.6 is 0 Å². The van der Waals surface area contributed by atoms with E-state index in [2.05, 4.69) is 9.73 Å². The summed E-state index contributed by atoms with van der Waals surface area (Å²) in [6, 6.07) is 13.0. The average molecular weight is 539 g/mol. The largest absolute Gasteiger partial charge is 0.482 e. The Morgan fingerprint density at radius 3 is 2.38 bits per heavy atom. The van der Waals surface area contributed by atoms with E-state index in [-0.39, 0.29) is 24.5 Å². The molecule has 0 bridgehead atoms. The zero-order valence-corrected chi connectivity index (χ0v) is 22.2. The van der Waals surface area contributed by atoms with Crippen LogP contribution in [0.2, 0.25) is 0 Å². The van der Waals surface area contributed by atoms with Gasteiger partial charge in [-0.1, -0.05) is 24.3 Å². The number of aryl methyl sites for hydroxylation is 1. The summed E-state index contributed by atoms with van der Waals surface area (Å²) in [5, 5.41) is 11.4. The summed E-state index contributed by atoms with van der Waals surface area (Å²) in [5.74, 6) is -3.01. The molecule has 2 aromatic rings. The van der Waals surface area contributed by atoms with Gasteiger partial charge in [-0.15, -0.1) is 0 Å². The van der Waals surface area contributed by atoms with Gasteiger partial charge in [-0.2, -0.15) is 0 Å². The third-order valence-corrected chi connectivity index (χ3v) is 6.29. The second kappa shape index (κ2) is 13.3. The molecule has 0 fully saturated rings. The summed E-state index contributed by atoms with van der Waals surface area (Å²) in [7, 11) is 2.52. The van der Waals surface area contributed by atoms with Crippen LogP contribution in [0, 0.1) is 16.0 Å². The summed E-state index contributed by atoms with van der Waals surface area (Å²) < 4.78 is 20.4. The van der Waals surface area contributed by atoms with E-state index < -0.39 is 34.7 Å². The van der Waals surface area contributed by atoms with Crippen molar-refractivity contribution in [1.29, 1.82) is 0 Å². The van der Waals surface area contributed by atoms with E-state index in [0.29, 0.717) is 35.6 Å². The Labute approximate surface area is 225 Å². The second-order valence-corrected chi connectivity index (χ2v) is 8.83. The van der Waals surface area contributed by atoms with E-state index in [1.54, 1.807) is 32.0 Å². The highest BCUT2D eigenvalue weighted by Gasteiger charge is 2.42. The molecule has 2 atom stereocenters. The lowest BCUT2D eigenvalue weighted by molar-refractivity contribution is -0.384. The fourth-order valence-electron chi connectivity index (χ4n) is 4.40. The molecule has 0 amide bonds. The van der Waals surface area contributed by atoms with E-state index in [0.717, 1.165) is 5.56 Å². The van der Waals surface area contributed by atoms with Gasteiger partial charge in [-0.05, 0) is 49.9 Å². The third kappa shape index (κ3) is 7.28. The molecule has 0 N–H and O–H groups in total. The number of ether oxygens (including phenoxy) is 4. The zero-order chi connectivity index (χ0) is 28.5. The van der Waals surface area contributed by atoms with E-state index in [1.165, 1.54) is 32.4 Å². The number of aliphatic imine (C=N–C) groups is 1. The number of esters is 3. The van der Waals surface area contributed by atoms with E-state index in [1.807, 2.05) is 12.1 Å². The van der Waals surface area contributed by atoms with Gasteiger partial charge in [0.1, 0.15) is 11.7 Å². The van der Waals surface area contributed by atoms with Crippen molar-refractivity contribution in [2.24, 2.45) is 10.9 Å². The van der Waals surface area contributed by atoms with Crippen molar-refractivity contribution in [2.75, 3.05) is 27.4 Å². The van der Waals surface area contributed by atoms with Gasteiger partial charge in [0.2, 0.25) is 0 Å². The second-order valence-electron chi connectivity index (χ2n) is 8.83. The number of nitrogens with zero attached hydrogens (tertiary/aromatic N) is 2. The number of carbonyl (C=O) groups excluding carboxylic acids is 3. The Kier molecular flexibility index (Phi) is 9.91. The fraction of sp³-hybridized carbons (Fsp3) is 0.357. The zero-order valence-electron chi connectivity index (χ0n) is 22.2. The topological polar surface area (TPSA) is 144 Å². The number of allylic oxidation sites excluding steroid dienone is 1. The molecular formula is C28H30N2O9. The number of methoxy groups -OCH3 is 2. The van der Waals surface area contributed by atoms with Crippen LogP contribution in [0.25, 0.3) is 0 Å². The number of benzene rings is 2. The first-order valence-corrected chi connectivity index (χ1v) is 12.2. The van der Waals surface area contributed by atoms with Gasteiger partial charge in [0.05, 0.1) is 31.3 Å². The van der Waals surface area contributed by atoms with Gasteiger partial charge >= 0.3 is 17.9 Å². The number of rotatable bonds is 11. The van der Waals surface area contributed by atoms with Crippen molar-refractivity contribution in [3.05, 3.63) is 81.0 Å². The number of hydrogen-bond acceptors (Lipinski definition) is 10. The number of nitro groups is 1. The number of hydrogen-bond donors (Lipinski definition) is 0. The highest BCUT2D eigenvalue weighted by Crippen LogP contribution is 2.41. The minimum Gasteiger partial charge on any atom is -0.482 e. The third-order valence-electron chi connectivity index (χ3n) is 6.29. The minimum absolute atomic E-state index is 0.101. The summed E-state index contributed by atoms with van der Waals surface area (Å²) in [6.45, 7) is 3.22. The first-order chi connectivity index (χ1) is 18.7. The fourth-order valence-corrected chi connectivity index (χ4v) is 4.40. The van der Waals surface area contributed by atoms with Crippen LogP contribution in [-0.2, 0) is 35.0 Å². The van der Waals surface area contributed by atoms with Crippen LogP contribution in [0.3, 0.4) is 0 Å². The molecule has 3 rings (SSSR count). The quantitative estimate of drug-likeness (QED) is 0.137. The Morgan fingerprint density at radius 2 is 1.74 bits per heavy atom. The highest BCUT2D eigenvalue weighted by molar-refractivity contribution is 6.07. The SMILES string of the molecule is COC(=O)COc1ccc(CCCOC(=O)C2=C(C)N=C(C)C(C(=O)OC)C2c2cccc([N+](=O)[O-])c2)cc1. The Hall–Kier alpha value is -4.54. The van der Waals surface area contributed by atoms with Crippen molar-refractivity contribution >= 4 is 29.3 Å². The molecule has 39 heavy (non-hydrogen) atoms. The van der Waals surface area contributed by atoms with Gasteiger partial charge in [-0.25, -0.2) is 9.59 Å². The maximum absolute atomic E-state index is 13.3. The summed E-state index contributed by atoms with van der Waals surface area (Å²) in [6.07, 6.45) is 1.13. The maximum atomic E-state index is 13.3.